The zero-order chi connectivity index (χ0) is 20.8. The standard InChI is InChI=1S/C23H35N5O2/c1-3-24-23(25-15-19-16-28-18(2)7-6-9-22(28)26-19)27-12-10-20(11-13-27)30-17-21-8-4-5-14-29-21/h6-7,9,16,20-21H,3-5,8,10-15,17H2,1-2H3,(H,24,25). The minimum atomic E-state index is 0.296. The first kappa shape index (κ1) is 21.1. The van der Waals surface area contributed by atoms with Crippen molar-refractivity contribution in [3.63, 3.8) is 0 Å². The molecular formula is C23H35N5O2. The molecule has 2 fully saturated rings. The molecule has 7 heteroatoms. The maximum atomic E-state index is 6.16. The van der Waals surface area contributed by atoms with Crippen molar-refractivity contribution in [2.75, 3.05) is 32.8 Å². The summed E-state index contributed by atoms with van der Waals surface area (Å²) >= 11 is 0. The van der Waals surface area contributed by atoms with Crippen LogP contribution < -0.4 is 5.32 Å². The Bertz CT molecular complexity index is 835. The first-order valence-corrected chi connectivity index (χ1v) is 11.4. The summed E-state index contributed by atoms with van der Waals surface area (Å²) < 4.78 is 14.1. The van der Waals surface area contributed by atoms with Gasteiger partial charge in [-0.25, -0.2) is 9.98 Å². The van der Waals surface area contributed by atoms with Crippen LogP contribution >= 0.6 is 0 Å². The van der Waals surface area contributed by atoms with Gasteiger partial charge in [0.1, 0.15) is 5.65 Å². The fourth-order valence-corrected chi connectivity index (χ4v) is 4.27. The maximum absolute atomic E-state index is 6.16. The van der Waals surface area contributed by atoms with E-state index in [1.165, 1.54) is 18.5 Å². The van der Waals surface area contributed by atoms with Crippen LogP contribution in [0.25, 0.3) is 5.65 Å². The summed E-state index contributed by atoms with van der Waals surface area (Å²) in [6, 6.07) is 6.17. The van der Waals surface area contributed by atoms with Gasteiger partial charge in [0.25, 0.3) is 0 Å². The van der Waals surface area contributed by atoms with E-state index in [0.29, 0.717) is 18.8 Å². The van der Waals surface area contributed by atoms with Gasteiger partial charge in [-0.05, 0) is 58.1 Å². The Labute approximate surface area is 179 Å². The van der Waals surface area contributed by atoms with E-state index in [1.54, 1.807) is 0 Å². The zero-order valence-electron chi connectivity index (χ0n) is 18.3. The maximum Gasteiger partial charge on any atom is 0.194 e. The third-order valence-electron chi connectivity index (χ3n) is 6.00. The molecule has 1 atom stereocenters. The lowest BCUT2D eigenvalue weighted by Gasteiger charge is -2.35. The van der Waals surface area contributed by atoms with Crippen molar-refractivity contribution in [1.29, 1.82) is 0 Å². The van der Waals surface area contributed by atoms with Gasteiger partial charge in [0.2, 0.25) is 0 Å². The fourth-order valence-electron chi connectivity index (χ4n) is 4.27. The number of piperidine rings is 1. The predicted octanol–water partition coefficient (Wildman–Crippen LogP) is 3.16. The van der Waals surface area contributed by atoms with E-state index >= 15 is 0 Å². The van der Waals surface area contributed by atoms with E-state index in [0.717, 1.165) is 69.4 Å². The highest BCUT2D eigenvalue weighted by Gasteiger charge is 2.23. The molecule has 0 aromatic carbocycles. The summed E-state index contributed by atoms with van der Waals surface area (Å²) in [5, 5.41) is 3.45. The van der Waals surface area contributed by atoms with Crippen molar-refractivity contribution in [2.45, 2.75) is 64.7 Å². The van der Waals surface area contributed by atoms with Crippen molar-refractivity contribution < 1.29 is 9.47 Å². The van der Waals surface area contributed by atoms with Gasteiger partial charge in [-0.1, -0.05) is 6.07 Å². The molecule has 1 unspecified atom stereocenters. The van der Waals surface area contributed by atoms with Gasteiger partial charge < -0.3 is 24.1 Å². The summed E-state index contributed by atoms with van der Waals surface area (Å²) in [6.45, 7) is 9.21. The fraction of sp³-hybridized carbons (Fsp3) is 0.652. The summed E-state index contributed by atoms with van der Waals surface area (Å²) in [5.41, 5.74) is 3.15. The number of nitrogens with zero attached hydrogens (tertiary/aromatic N) is 4. The molecule has 0 radical (unpaired) electrons. The molecular weight excluding hydrogens is 378 g/mol. The number of aliphatic imine (C=N–C) groups is 1. The van der Waals surface area contributed by atoms with Gasteiger partial charge >= 0.3 is 0 Å². The predicted molar refractivity (Wildman–Crippen MR) is 119 cm³/mol. The number of nitrogens with one attached hydrogen (secondary N) is 1. The number of guanidine groups is 1. The topological polar surface area (TPSA) is 63.4 Å². The van der Waals surface area contributed by atoms with E-state index in [4.69, 9.17) is 19.5 Å². The average molecular weight is 414 g/mol. The Balaban J connectivity index is 1.30. The molecule has 164 valence electrons. The number of fused-ring (bicyclic) bond motifs is 1. The summed E-state index contributed by atoms with van der Waals surface area (Å²) in [6.07, 6.45) is 8.37. The Kier molecular flexibility index (Phi) is 7.23. The van der Waals surface area contributed by atoms with Gasteiger partial charge in [-0.2, -0.15) is 0 Å². The van der Waals surface area contributed by atoms with Crippen LogP contribution in [-0.2, 0) is 16.0 Å². The molecule has 4 heterocycles. The molecule has 0 bridgehead atoms. The Morgan fingerprint density at radius 2 is 2.13 bits per heavy atom. The number of aromatic nitrogens is 2. The van der Waals surface area contributed by atoms with E-state index in [2.05, 4.69) is 40.7 Å². The van der Waals surface area contributed by atoms with Gasteiger partial charge in [-0.15, -0.1) is 0 Å². The molecule has 2 aliphatic heterocycles. The zero-order valence-corrected chi connectivity index (χ0v) is 18.3. The molecule has 2 aromatic rings. The number of ether oxygens (including phenoxy) is 2. The third-order valence-corrected chi connectivity index (χ3v) is 6.00. The Morgan fingerprint density at radius 1 is 1.27 bits per heavy atom. The summed E-state index contributed by atoms with van der Waals surface area (Å²) in [4.78, 5) is 11.9. The second-order valence-corrected chi connectivity index (χ2v) is 8.31. The Hall–Kier alpha value is -2.12. The number of imidazole rings is 1. The van der Waals surface area contributed by atoms with Crippen LogP contribution in [0.4, 0.5) is 0 Å². The molecule has 0 saturated carbocycles. The van der Waals surface area contributed by atoms with Crippen molar-refractivity contribution >= 4 is 11.6 Å². The van der Waals surface area contributed by atoms with Crippen LogP contribution in [0, 0.1) is 6.92 Å². The van der Waals surface area contributed by atoms with Gasteiger partial charge in [0, 0.05) is 38.1 Å². The lowest BCUT2D eigenvalue weighted by atomic mass is 10.1. The molecule has 2 aliphatic rings. The highest BCUT2D eigenvalue weighted by Crippen LogP contribution is 2.18. The molecule has 2 aromatic heterocycles. The molecule has 4 rings (SSSR count). The third kappa shape index (κ3) is 5.32. The van der Waals surface area contributed by atoms with Crippen LogP contribution in [0.2, 0.25) is 0 Å². The van der Waals surface area contributed by atoms with Gasteiger partial charge in [-0.3, -0.25) is 0 Å². The molecule has 0 amide bonds. The smallest absolute Gasteiger partial charge is 0.194 e. The number of pyridine rings is 1. The lowest BCUT2D eigenvalue weighted by molar-refractivity contribution is -0.0721. The second kappa shape index (κ2) is 10.3. The monoisotopic (exact) mass is 413 g/mol. The number of hydrogen-bond acceptors (Lipinski definition) is 4. The molecule has 0 aliphatic carbocycles. The van der Waals surface area contributed by atoms with Gasteiger partial charge in [0.05, 0.1) is 31.1 Å². The van der Waals surface area contributed by atoms with Crippen molar-refractivity contribution in [3.8, 4) is 0 Å². The second-order valence-electron chi connectivity index (χ2n) is 8.31. The summed E-state index contributed by atoms with van der Waals surface area (Å²) in [7, 11) is 0. The SMILES string of the molecule is CCNC(=NCc1cn2c(C)cccc2n1)N1CCC(OCC2CCCCO2)CC1. The normalized spacial score (nSPS) is 21.3. The highest BCUT2D eigenvalue weighted by atomic mass is 16.5. The molecule has 7 nitrogen and oxygen atoms in total. The van der Waals surface area contributed by atoms with E-state index in [1.807, 2.05) is 12.1 Å². The molecule has 30 heavy (non-hydrogen) atoms. The van der Waals surface area contributed by atoms with E-state index in [-0.39, 0.29) is 0 Å². The van der Waals surface area contributed by atoms with Gasteiger partial charge in [0.15, 0.2) is 5.96 Å². The first-order chi connectivity index (χ1) is 14.7. The molecule has 1 N–H and O–H groups in total. The minimum Gasteiger partial charge on any atom is -0.376 e. The highest BCUT2D eigenvalue weighted by molar-refractivity contribution is 5.80. The number of aryl methyl sites for hydroxylation is 1. The van der Waals surface area contributed by atoms with Crippen molar-refractivity contribution in [1.82, 2.24) is 19.6 Å². The summed E-state index contributed by atoms with van der Waals surface area (Å²) in [5.74, 6) is 0.973. The minimum absolute atomic E-state index is 0.296. The van der Waals surface area contributed by atoms with Crippen molar-refractivity contribution in [2.24, 2.45) is 4.99 Å². The molecule has 0 spiro atoms. The van der Waals surface area contributed by atoms with Crippen LogP contribution in [0.3, 0.4) is 0 Å². The van der Waals surface area contributed by atoms with Crippen LogP contribution in [0.1, 0.15) is 50.4 Å². The van der Waals surface area contributed by atoms with Crippen LogP contribution in [-0.4, -0.2) is 65.3 Å². The van der Waals surface area contributed by atoms with E-state index < -0.39 is 0 Å². The van der Waals surface area contributed by atoms with E-state index in [9.17, 15) is 0 Å². The van der Waals surface area contributed by atoms with Crippen LogP contribution in [0.5, 0.6) is 0 Å². The first-order valence-electron chi connectivity index (χ1n) is 11.4. The number of likely N-dealkylation sites (tertiary alicyclic amines) is 1. The molecule has 2 saturated heterocycles. The van der Waals surface area contributed by atoms with Crippen molar-refractivity contribution in [3.05, 3.63) is 35.8 Å². The average Bonchev–Trinajstić information content (AvgIpc) is 3.21. The van der Waals surface area contributed by atoms with Crippen LogP contribution in [0.15, 0.2) is 29.4 Å². The largest absolute Gasteiger partial charge is 0.376 e. The quantitative estimate of drug-likeness (QED) is 0.582. The Morgan fingerprint density at radius 3 is 2.87 bits per heavy atom. The number of hydrogen-bond donors (Lipinski definition) is 1. The lowest BCUT2D eigenvalue weighted by Crippen LogP contribution is -2.47. The number of rotatable bonds is 6.